The second kappa shape index (κ2) is 10.2. The molecule has 2 heterocycles. The Bertz CT molecular complexity index is 658. The molecule has 10 heteroatoms. The van der Waals surface area contributed by atoms with Gasteiger partial charge in [0.2, 0.25) is 0 Å². The summed E-state index contributed by atoms with van der Waals surface area (Å²) in [5, 5.41) is 16.5. The van der Waals surface area contributed by atoms with Crippen molar-refractivity contribution in [3.8, 4) is 0 Å². The summed E-state index contributed by atoms with van der Waals surface area (Å²) in [7, 11) is 3.23. The summed E-state index contributed by atoms with van der Waals surface area (Å²) in [6.45, 7) is 5.23. The van der Waals surface area contributed by atoms with E-state index >= 15 is 0 Å². The van der Waals surface area contributed by atoms with Gasteiger partial charge in [0.25, 0.3) is 0 Å². The Morgan fingerprint density at radius 3 is 2.69 bits per heavy atom. The fraction of sp³-hybridized carbons (Fsp3) is 0.895. The zero-order chi connectivity index (χ0) is 20.9. The van der Waals surface area contributed by atoms with Crippen molar-refractivity contribution < 1.29 is 14.3 Å². The molecule has 0 unspecified atom stereocenters. The van der Waals surface area contributed by atoms with Crippen LogP contribution >= 0.6 is 11.8 Å². The highest BCUT2D eigenvalue weighted by Crippen LogP contribution is 2.35. The number of piperidine rings is 1. The molecule has 2 aliphatic rings. The molecule has 0 radical (unpaired) electrons. The number of tetrazole rings is 1. The first kappa shape index (κ1) is 22.5. The summed E-state index contributed by atoms with van der Waals surface area (Å²) >= 11 is 1.79. The number of thioether (sulfide) groups is 1. The van der Waals surface area contributed by atoms with Gasteiger partial charge in [-0.1, -0.05) is 0 Å². The van der Waals surface area contributed by atoms with Gasteiger partial charge in [-0.2, -0.15) is 11.8 Å². The predicted octanol–water partition coefficient (Wildman–Crippen LogP) is 0.903. The minimum Gasteiger partial charge on any atom is -0.468 e. The molecule has 0 spiro atoms. The number of methoxy groups -OCH3 is 2. The molecule has 29 heavy (non-hydrogen) atoms. The first-order chi connectivity index (χ1) is 14.0. The lowest BCUT2D eigenvalue weighted by Crippen LogP contribution is -2.56. The molecule has 1 atom stereocenters. The van der Waals surface area contributed by atoms with E-state index in [0.29, 0.717) is 12.0 Å². The highest BCUT2D eigenvalue weighted by Gasteiger charge is 2.43. The lowest BCUT2D eigenvalue weighted by atomic mass is 9.80. The van der Waals surface area contributed by atoms with Crippen LogP contribution in [0.1, 0.15) is 38.4 Å². The van der Waals surface area contributed by atoms with Crippen molar-refractivity contribution in [1.29, 1.82) is 0 Å². The van der Waals surface area contributed by atoms with Gasteiger partial charge in [0.1, 0.15) is 6.04 Å². The second-order valence-corrected chi connectivity index (χ2v) is 9.10. The molecule has 1 saturated heterocycles. The summed E-state index contributed by atoms with van der Waals surface area (Å²) in [4.78, 5) is 14.2. The van der Waals surface area contributed by atoms with Crippen LogP contribution in [-0.4, -0.2) is 89.1 Å². The Morgan fingerprint density at radius 2 is 2.07 bits per heavy atom. The van der Waals surface area contributed by atoms with Gasteiger partial charge in [0.15, 0.2) is 5.82 Å². The van der Waals surface area contributed by atoms with Crippen LogP contribution in [0.5, 0.6) is 0 Å². The van der Waals surface area contributed by atoms with Gasteiger partial charge in [-0.15, -0.1) is 5.10 Å². The molecular weight excluding hydrogens is 392 g/mol. The van der Waals surface area contributed by atoms with Gasteiger partial charge in [-0.05, 0) is 61.8 Å². The maximum absolute atomic E-state index is 12.0. The number of carbonyl (C=O) groups excluding carboxylic acids is 1. The fourth-order valence-electron chi connectivity index (χ4n) is 4.34. The molecule has 1 aliphatic carbocycles. The van der Waals surface area contributed by atoms with Crippen molar-refractivity contribution in [2.24, 2.45) is 5.92 Å². The van der Waals surface area contributed by atoms with Crippen molar-refractivity contribution in [3.05, 3.63) is 5.82 Å². The van der Waals surface area contributed by atoms with Crippen LogP contribution in [0.25, 0.3) is 0 Å². The summed E-state index contributed by atoms with van der Waals surface area (Å²) in [5.41, 5.74) is -0.271. The molecular formula is C19H34N6O3S. The van der Waals surface area contributed by atoms with Crippen molar-refractivity contribution in [2.75, 3.05) is 45.9 Å². The Labute approximate surface area is 177 Å². The van der Waals surface area contributed by atoms with Crippen LogP contribution < -0.4 is 5.32 Å². The van der Waals surface area contributed by atoms with Gasteiger partial charge in [-0.25, -0.2) is 4.68 Å². The lowest BCUT2D eigenvalue weighted by molar-refractivity contribution is -0.147. The average molecular weight is 427 g/mol. The molecule has 0 aromatic carbocycles. The fourth-order valence-corrected chi connectivity index (χ4v) is 4.70. The second-order valence-electron chi connectivity index (χ2n) is 8.11. The smallest absolute Gasteiger partial charge is 0.322 e. The minimum atomic E-state index is -0.271. The lowest BCUT2D eigenvalue weighted by Gasteiger charge is -2.44. The quantitative estimate of drug-likeness (QED) is 0.548. The number of aryl methyl sites for hydroxylation is 1. The molecule has 1 N–H and O–H groups in total. The molecule has 1 saturated carbocycles. The van der Waals surface area contributed by atoms with Crippen LogP contribution in [0.15, 0.2) is 0 Å². The number of esters is 1. The molecule has 2 fully saturated rings. The predicted molar refractivity (Wildman–Crippen MR) is 112 cm³/mol. The Balaban J connectivity index is 1.71. The Morgan fingerprint density at radius 1 is 1.34 bits per heavy atom. The third-order valence-electron chi connectivity index (χ3n) is 6.46. The van der Waals surface area contributed by atoms with Crippen LogP contribution in [0.2, 0.25) is 0 Å². The first-order valence-corrected chi connectivity index (χ1v) is 11.8. The molecule has 1 aliphatic heterocycles. The van der Waals surface area contributed by atoms with E-state index in [1.165, 1.54) is 7.11 Å². The third kappa shape index (κ3) is 5.10. The summed E-state index contributed by atoms with van der Waals surface area (Å²) < 4.78 is 12.3. The number of nitrogens with one attached hydrogen (secondary N) is 1. The van der Waals surface area contributed by atoms with Crippen molar-refractivity contribution in [1.82, 2.24) is 30.4 Å². The summed E-state index contributed by atoms with van der Waals surface area (Å²) in [6, 6.07) is -0.237. The normalized spacial score (nSPS) is 25.4. The third-order valence-corrected chi connectivity index (χ3v) is 7.05. The van der Waals surface area contributed by atoms with Crippen LogP contribution in [0, 0.1) is 5.92 Å². The highest BCUT2D eigenvalue weighted by molar-refractivity contribution is 7.98. The minimum absolute atomic E-state index is 0.185. The van der Waals surface area contributed by atoms with Crippen LogP contribution in [-0.2, 0) is 26.4 Å². The summed E-state index contributed by atoms with van der Waals surface area (Å²) in [6.07, 6.45) is 6.40. The van der Waals surface area contributed by atoms with Gasteiger partial charge >= 0.3 is 5.97 Å². The van der Waals surface area contributed by atoms with E-state index in [2.05, 4.69) is 32.0 Å². The van der Waals surface area contributed by atoms with Gasteiger partial charge in [0.05, 0.1) is 25.3 Å². The number of nitrogens with zero attached hydrogens (tertiary/aromatic N) is 5. The topological polar surface area (TPSA) is 94.4 Å². The zero-order valence-electron chi connectivity index (χ0n) is 18.0. The molecule has 9 nitrogen and oxygen atoms in total. The van der Waals surface area contributed by atoms with Gasteiger partial charge in [-0.3, -0.25) is 9.69 Å². The number of likely N-dealkylation sites (tertiary alicyclic amines) is 1. The molecule has 0 bridgehead atoms. The number of rotatable bonds is 10. The maximum atomic E-state index is 12.0. The Hall–Kier alpha value is -1.23. The van der Waals surface area contributed by atoms with Gasteiger partial charge < -0.3 is 14.8 Å². The van der Waals surface area contributed by atoms with Crippen molar-refractivity contribution in [2.45, 2.75) is 56.8 Å². The van der Waals surface area contributed by atoms with Crippen molar-refractivity contribution >= 4 is 17.7 Å². The molecule has 164 valence electrons. The van der Waals surface area contributed by atoms with E-state index in [9.17, 15) is 4.79 Å². The average Bonchev–Trinajstić information content (AvgIpc) is 3.19. The van der Waals surface area contributed by atoms with Gasteiger partial charge in [0, 0.05) is 26.0 Å². The van der Waals surface area contributed by atoms with Crippen molar-refractivity contribution in [3.63, 3.8) is 0 Å². The number of hydrogen-bond acceptors (Lipinski definition) is 9. The first-order valence-electron chi connectivity index (χ1n) is 10.4. The number of aromatic nitrogens is 4. The van der Waals surface area contributed by atoms with E-state index in [0.717, 1.165) is 63.4 Å². The maximum Gasteiger partial charge on any atom is 0.322 e. The highest BCUT2D eigenvalue weighted by atomic mass is 32.2. The molecule has 1 aromatic rings. The Kier molecular flexibility index (Phi) is 7.89. The van der Waals surface area contributed by atoms with Crippen LogP contribution in [0.4, 0.5) is 0 Å². The monoisotopic (exact) mass is 426 g/mol. The molecule has 0 amide bonds. The largest absolute Gasteiger partial charge is 0.468 e. The number of hydrogen-bond donors (Lipinski definition) is 1. The van der Waals surface area contributed by atoms with E-state index < -0.39 is 0 Å². The number of ether oxygens (including phenoxy) is 2. The number of carbonyl (C=O) groups is 1. The van der Waals surface area contributed by atoms with E-state index in [4.69, 9.17) is 9.47 Å². The SMILES string of the molecule is COC(=O)[C@@H](C)N1CCC(NCC2CC(OC)C2)(c2nnnn2CCSC)CC1. The van der Waals surface area contributed by atoms with Crippen LogP contribution in [0.3, 0.4) is 0 Å². The van der Waals surface area contributed by atoms with E-state index in [1.54, 1.807) is 18.9 Å². The summed E-state index contributed by atoms with van der Waals surface area (Å²) in [5.74, 6) is 2.33. The molecule has 3 rings (SSSR count). The van der Waals surface area contributed by atoms with E-state index in [1.807, 2.05) is 11.6 Å². The van der Waals surface area contributed by atoms with E-state index in [-0.39, 0.29) is 17.6 Å². The molecule has 1 aromatic heterocycles. The standard InChI is InChI=1S/C19H34N6O3S/c1-14(17(26)28-3)24-7-5-19(6-8-24,20-13-15-11-16(12-15)27-2)18-21-22-23-25(18)9-10-29-4/h14-16,20H,5-13H2,1-4H3/t14-,15?,16?/m1/s1. The zero-order valence-corrected chi connectivity index (χ0v) is 18.8.